The van der Waals surface area contributed by atoms with Gasteiger partial charge in [0, 0.05) is 17.3 Å². The zero-order chi connectivity index (χ0) is 10.1. The molecule has 4 nitrogen and oxygen atoms in total. The molecule has 0 aliphatic carbocycles. The topological polar surface area (TPSA) is 72.0 Å². The molecule has 2 aromatic heterocycles. The Kier molecular flexibility index (Phi) is 2.49. The lowest BCUT2D eigenvalue weighted by atomic mass is 10.3. The van der Waals surface area contributed by atoms with E-state index in [0.717, 1.165) is 10.6 Å². The number of nitrogens with two attached hydrogens (primary N) is 1. The number of hydrogen-bond acceptors (Lipinski definition) is 6. The molecule has 2 heterocycles. The normalized spacial score (nSPS) is 13.0. The van der Waals surface area contributed by atoms with E-state index >= 15 is 0 Å². The first kappa shape index (κ1) is 9.57. The lowest BCUT2D eigenvalue weighted by Crippen LogP contribution is -1.95. The first-order valence-corrected chi connectivity index (χ1v) is 5.67. The van der Waals surface area contributed by atoms with Crippen LogP contribution in [0.15, 0.2) is 11.6 Å². The van der Waals surface area contributed by atoms with Crippen LogP contribution in [-0.2, 0) is 0 Å². The highest BCUT2D eigenvalue weighted by Crippen LogP contribution is 2.29. The Bertz CT molecular complexity index is 397. The smallest absolute Gasteiger partial charge is 0.180 e. The Balaban J connectivity index is 2.28. The fourth-order valence-electron chi connectivity index (χ4n) is 1.05. The van der Waals surface area contributed by atoms with Gasteiger partial charge in [0.25, 0.3) is 0 Å². The molecule has 0 aliphatic heterocycles. The van der Waals surface area contributed by atoms with E-state index in [1.807, 2.05) is 12.3 Å². The summed E-state index contributed by atoms with van der Waals surface area (Å²) in [5.74, 6) is 0. The fourth-order valence-corrected chi connectivity index (χ4v) is 2.59. The molecule has 0 radical (unpaired) electrons. The molecule has 2 aromatic rings. The van der Waals surface area contributed by atoms with Crippen molar-refractivity contribution in [2.75, 3.05) is 5.73 Å². The first-order valence-electron chi connectivity index (χ1n) is 3.98. The van der Waals surface area contributed by atoms with Crippen LogP contribution in [0.2, 0.25) is 0 Å². The van der Waals surface area contributed by atoms with Crippen molar-refractivity contribution in [1.29, 1.82) is 0 Å². The number of nitrogen functional groups attached to an aromatic ring is 1. The zero-order valence-corrected chi connectivity index (χ0v) is 9.10. The number of nitrogens with zero attached hydrogens (tertiary/aromatic N) is 2. The number of aliphatic hydroxyl groups is 1. The first-order chi connectivity index (χ1) is 6.66. The predicted octanol–water partition coefficient (Wildman–Crippen LogP) is 1.57. The van der Waals surface area contributed by atoms with E-state index in [4.69, 9.17) is 5.73 Å². The lowest BCUT2D eigenvalue weighted by molar-refractivity contribution is 0.223. The van der Waals surface area contributed by atoms with Crippen molar-refractivity contribution in [2.45, 2.75) is 13.0 Å². The second-order valence-electron chi connectivity index (χ2n) is 2.83. The van der Waals surface area contributed by atoms with Crippen molar-refractivity contribution in [1.82, 2.24) is 9.97 Å². The van der Waals surface area contributed by atoms with Gasteiger partial charge in [-0.1, -0.05) is 11.3 Å². The predicted molar refractivity (Wildman–Crippen MR) is 57.4 cm³/mol. The highest BCUT2D eigenvalue weighted by molar-refractivity contribution is 7.15. The molecule has 0 bridgehead atoms. The van der Waals surface area contributed by atoms with Gasteiger partial charge in [-0.3, -0.25) is 0 Å². The van der Waals surface area contributed by atoms with E-state index in [9.17, 15) is 5.11 Å². The van der Waals surface area contributed by atoms with Gasteiger partial charge in [0.15, 0.2) is 5.13 Å². The summed E-state index contributed by atoms with van der Waals surface area (Å²) in [5.41, 5.74) is 6.40. The summed E-state index contributed by atoms with van der Waals surface area (Å²) >= 11 is 2.72. The number of aromatic nitrogens is 2. The zero-order valence-electron chi connectivity index (χ0n) is 7.47. The minimum atomic E-state index is -0.691. The SMILES string of the molecule is Cc1csc(C(O)c2cnc(N)s2)n1. The van der Waals surface area contributed by atoms with E-state index in [2.05, 4.69) is 9.97 Å². The maximum absolute atomic E-state index is 9.88. The number of rotatable bonds is 2. The maximum Gasteiger partial charge on any atom is 0.180 e. The molecular weight excluding hydrogens is 218 g/mol. The van der Waals surface area contributed by atoms with Gasteiger partial charge in [-0.25, -0.2) is 9.97 Å². The standard InChI is InChI=1S/C8H9N3OS2/c1-4-3-13-7(11-4)6(12)5-2-10-8(9)14-5/h2-3,6,12H,1H3,(H2,9,10). The van der Waals surface area contributed by atoms with Crippen molar-refractivity contribution < 1.29 is 5.11 Å². The van der Waals surface area contributed by atoms with Gasteiger partial charge in [-0.05, 0) is 6.92 Å². The quantitative estimate of drug-likeness (QED) is 0.817. The van der Waals surface area contributed by atoms with Crippen LogP contribution in [0, 0.1) is 6.92 Å². The molecule has 14 heavy (non-hydrogen) atoms. The molecule has 0 saturated heterocycles. The van der Waals surface area contributed by atoms with Crippen molar-refractivity contribution >= 4 is 27.8 Å². The molecule has 0 fully saturated rings. The summed E-state index contributed by atoms with van der Waals surface area (Å²) in [5, 5.41) is 12.9. The van der Waals surface area contributed by atoms with Gasteiger partial charge in [0.05, 0.1) is 4.88 Å². The molecule has 74 valence electrons. The Labute approximate surface area is 89.1 Å². The Morgan fingerprint density at radius 2 is 2.36 bits per heavy atom. The van der Waals surface area contributed by atoms with Crippen molar-refractivity contribution in [2.24, 2.45) is 0 Å². The monoisotopic (exact) mass is 227 g/mol. The second-order valence-corrected chi connectivity index (χ2v) is 4.81. The molecule has 0 aliphatic rings. The van der Waals surface area contributed by atoms with Gasteiger partial charge in [-0.15, -0.1) is 11.3 Å². The maximum atomic E-state index is 9.88. The van der Waals surface area contributed by atoms with Gasteiger partial charge in [-0.2, -0.15) is 0 Å². The molecule has 1 atom stereocenters. The minimum Gasteiger partial charge on any atom is -0.380 e. The third-order valence-corrected chi connectivity index (χ3v) is 3.58. The third-order valence-electron chi connectivity index (χ3n) is 1.68. The highest BCUT2D eigenvalue weighted by atomic mass is 32.1. The van der Waals surface area contributed by atoms with Gasteiger partial charge in [0.2, 0.25) is 0 Å². The number of thiazole rings is 2. The largest absolute Gasteiger partial charge is 0.380 e. The van der Waals surface area contributed by atoms with Crippen molar-refractivity contribution in [3.05, 3.63) is 27.2 Å². The van der Waals surface area contributed by atoms with Crippen LogP contribution in [0.25, 0.3) is 0 Å². The molecule has 1 unspecified atom stereocenters. The molecule has 6 heteroatoms. The molecular formula is C8H9N3OS2. The average molecular weight is 227 g/mol. The molecule has 0 saturated carbocycles. The van der Waals surface area contributed by atoms with E-state index < -0.39 is 6.10 Å². The summed E-state index contributed by atoms with van der Waals surface area (Å²) in [6.07, 6.45) is 0.894. The summed E-state index contributed by atoms with van der Waals surface area (Å²) < 4.78 is 0. The third kappa shape index (κ3) is 1.77. The molecule has 0 amide bonds. The molecule has 0 aromatic carbocycles. The van der Waals surface area contributed by atoms with E-state index in [-0.39, 0.29) is 0 Å². The molecule has 3 N–H and O–H groups in total. The van der Waals surface area contributed by atoms with Gasteiger partial charge in [0.1, 0.15) is 11.1 Å². The number of anilines is 1. The summed E-state index contributed by atoms with van der Waals surface area (Å²) in [6.45, 7) is 1.90. The molecule has 2 rings (SSSR count). The van der Waals surface area contributed by atoms with Crippen LogP contribution in [0.1, 0.15) is 21.7 Å². The number of aryl methyl sites for hydroxylation is 1. The van der Waals surface area contributed by atoms with Crippen LogP contribution < -0.4 is 5.73 Å². The van der Waals surface area contributed by atoms with Crippen LogP contribution in [0.4, 0.5) is 5.13 Å². The second kappa shape index (κ2) is 3.64. The molecule has 0 spiro atoms. The fraction of sp³-hybridized carbons (Fsp3) is 0.250. The van der Waals surface area contributed by atoms with Crippen LogP contribution in [0.3, 0.4) is 0 Å². The lowest BCUT2D eigenvalue weighted by Gasteiger charge is -2.01. The van der Waals surface area contributed by atoms with Gasteiger partial charge < -0.3 is 10.8 Å². The van der Waals surface area contributed by atoms with Crippen LogP contribution in [-0.4, -0.2) is 15.1 Å². The Hall–Kier alpha value is -0.980. The van der Waals surface area contributed by atoms with E-state index in [1.54, 1.807) is 6.20 Å². The van der Waals surface area contributed by atoms with Gasteiger partial charge >= 0.3 is 0 Å². The van der Waals surface area contributed by atoms with Crippen LogP contribution >= 0.6 is 22.7 Å². The van der Waals surface area contributed by atoms with Crippen molar-refractivity contribution in [3.63, 3.8) is 0 Å². The summed E-state index contributed by atoms with van der Waals surface area (Å²) in [7, 11) is 0. The highest BCUT2D eigenvalue weighted by Gasteiger charge is 2.16. The van der Waals surface area contributed by atoms with E-state index in [0.29, 0.717) is 10.1 Å². The summed E-state index contributed by atoms with van der Waals surface area (Å²) in [4.78, 5) is 8.82. The van der Waals surface area contributed by atoms with E-state index in [1.165, 1.54) is 22.7 Å². The van der Waals surface area contributed by atoms with Crippen LogP contribution in [0.5, 0.6) is 0 Å². The van der Waals surface area contributed by atoms with Crippen molar-refractivity contribution in [3.8, 4) is 0 Å². The minimum absolute atomic E-state index is 0.465. The Morgan fingerprint density at radius 3 is 2.86 bits per heavy atom. The number of hydrogen-bond donors (Lipinski definition) is 2. The average Bonchev–Trinajstić information content (AvgIpc) is 2.73. The number of aliphatic hydroxyl groups excluding tert-OH is 1. The summed E-state index contributed by atoms with van der Waals surface area (Å²) in [6, 6.07) is 0. The Morgan fingerprint density at radius 1 is 1.57 bits per heavy atom.